The third-order valence-corrected chi connectivity index (χ3v) is 13.2. The van der Waals surface area contributed by atoms with Gasteiger partial charge in [0.2, 0.25) is 21.8 Å². The fourth-order valence-electron chi connectivity index (χ4n) is 8.14. The summed E-state index contributed by atoms with van der Waals surface area (Å²) in [6.07, 6.45) is 9.60. The monoisotopic (exact) mass is 816 g/mol. The quantitative estimate of drug-likeness (QED) is 0.286. The molecule has 5 atom stereocenters. The second-order valence-corrected chi connectivity index (χ2v) is 18.8. The minimum absolute atomic E-state index is 0.0345. The number of hydrogen-bond donors (Lipinski definition) is 3. The lowest BCUT2D eigenvalue weighted by Gasteiger charge is -2.30. The van der Waals surface area contributed by atoms with Crippen LogP contribution < -0.4 is 25.7 Å². The van der Waals surface area contributed by atoms with E-state index in [1.54, 1.807) is 20.8 Å². The Morgan fingerprint density at radius 2 is 1.71 bits per heavy atom. The van der Waals surface area contributed by atoms with Gasteiger partial charge in [-0.25, -0.2) is 17.9 Å². The molecule has 16 heteroatoms. The lowest BCUT2D eigenvalue weighted by Crippen LogP contribution is -2.58. The van der Waals surface area contributed by atoms with Crippen LogP contribution >= 0.6 is 0 Å². The summed E-state index contributed by atoms with van der Waals surface area (Å²) in [4.78, 5) is 71.7. The number of rotatable bonds is 7. The zero-order valence-corrected chi connectivity index (χ0v) is 34.2. The van der Waals surface area contributed by atoms with Crippen molar-refractivity contribution in [2.75, 3.05) is 13.7 Å². The normalized spacial score (nSPS) is 26.2. The number of fused-ring (bicyclic) bond motifs is 3. The number of sulfonamides is 1. The number of allylic oxidation sites excluding steroid dienone is 1. The number of carbonyl (C=O) groups excluding carboxylic acids is 4. The van der Waals surface area contributed by atoms with Crippen molar-refractivity contribution >= 4 is 44.6 Å². The van der Waals surface area contributed by atoms with Gasteiger partial charge in [0.15, 0.2) is 5.75 Å². The summed E-state index contributed by atoms with van der Waals surface area (Å²) < 4.78 is 40.5. The number of ether oxygens (including phenoxy) is 2. The van der Waals surface area contributed by atoms with Crippen molar-refractivity contribution in [2.45, 2.75) is 119 Å². The van der Waals surface area contributed by atoms with Gasteiger partial charge in [-0.05, 0) is 75.6 Å². The van der Waals surface area contributed by atoms with E-state index in [2.05, 4.69) is 20.5 Å². The van der Waals surface area contributed by atoms with Crippen molar-refractivity contribution in [1.82, 2.24) is 30.0 Å². The maximum Gasteiger partial charge on any atom is 0.408 e. The van der Waals surface area contributed by atoms with Crippen LogP contribution in [0.4, 0.5) is 4.79 Å². The fourth-order valence-corrected chi connectivity index (χ4v) is 9.51. The minimum atomic E-state index is -3.93. The summed E-state index contributed by atoms with van der Waals surface area (Å²) >= 11 is 0. The number of aromatic nitrogens is 2. The number of hydrogen-bond acceptors (Lipinski definition) is 10. The molecule has 2 aromatic carbocycles. The van der Waals surface area contributed by atoms with E-state index in [9.17, 15) is 32.4 Å². The van der Waals surface area contributed by atoms with Crippen LogP contribution in [0.5, 0.6) is 5.75 Å². The maximum absolute atomic E-state index is 14.7. The molecule has 7 rings (SSSR count). The number of carbonyl (C=O) groups is 4. The lowest BCUT2D eigenvalue weighted by molar-refractivity contribution is -0.141. The molecule has 3 fully saturated rings. The zero-order chi connectivity index (χ0) is 41.4. The van der Waals surface area contributed by atoms with Gasteiger partial charge >= 0.3 is 11.7 Å². The van der Waals surface area contributed by atoms with Crippen LogP contribution in [0, 0.1) is 5.92 Å². The van der Waals surface area contributed by atoms with E-state index in [4.69, 9.17) is 9.47 Å². The van der Waals surface area contributed by atoms with Gasteiger partial charge in [0.05, 0.1) is 30.2 Å². The van der Waals surface area contributed by atoms with Crippen molar-refractivity contribution < 1.29 is 37.1 Å². The van der Waals surface area contributed by atoms with E-state index in [1.807, 2.05) is 54.6 Å². The number of methoxy groups -OCH3 is 1. The molecule has 2 saturated carbocycles. The first-order chi connectivity index (χ1) is 27.6. The van der Waals surface area contributed by atoms with Crippen LogP contribution in [0.3, 0.4) is 0 Å². The number of nitrogens with one attached hydrogen (secondary N) is 3. The topological polar surface area (TPSA) is 195 Å². The maximum atomic E-state index is 14.7. The Hall–Kier alpha value is -5.25. The lowest BCUT2D eigenvalue weighted by atomic mass is 9.99. The van der Waals surface area contributed by atoms with E-state index in [0.717, 1.165) is 35.6 Å². The fraction of sp³-hybridized carbons (Fsp3) is 0.524. The number of nitrogens with zero attached hydrogens (tertiary/aromatic N) is 3. The predicted octanol–water partition coefficient (Wildman–Crippen LogP) is 4.50. The van der Waals surface area contributed by atoms with Crippen LogP contribution in [-0.4, -0.2) is 89.0 Å². The Morgan fingerprint density at radius 3 is 2.45 bits per heavy atom. The first kappa shape index (κ1) is 40.9. The molecule has 2 aliphatic heterocycles. The first-order valence-corrected chi connectivity index (χ1v) is 21.6. The van der Waals surface area contributed by atoms with Crippen molar-refractivity contribution in [3.05, 3.63) is 71.2 Å². The standard InChI is InChI=1S/C42H52N6O9S/c1-41(2,3)57-40(53)44-33-19-10-8-6-5-7-9-16-27-23-42(27,39(52)46-58(54,55)29-20-21-29)45-36(49)34-22-28(25-47(34)37(33)50)48-38(51)35(56-4)32(24-43-48)31-18-13-15-26-14-11-12-17-30(26)31/h9,11-18,24,27-29,33-34H,5-8,10,19-23,25H2,1-4H3,(H,44,53)(H,45,49)(H,46,52)/b16-9-/t27?,28-,33+,34+,42-/m1/s1. The second kappa shape index (κ2) is 16.2. The molecule has 1 saturated heterocycles. The Kier molecular flexibility index (Phi) is 11.4. The van der Waals surface area contributed by atoms with Crippen LogP contribution in [0.2, 0.25) is 0 Å². The summed E-state index contributed by atoms with van der Waals surface area (Å²) in [6, 6.07) is 10.4. The molecule has 2 aliphatic carbocycles. The van der Waals surface area contributed by atoms with Gasteiger partial charge in [-0.2, -0.15) is 5.10 Å². The highest BCUT2D eigenvalue weighted by molar-refractivity contribution is 7.91. The van der Waals surface area contributed by atoms with E-state index in [1.165, 1.54) is 22.9 Å². The average molecular weight is 817 g/mol. The molecule has 310 valence electrons. The summed E-state index contributed by atoms with van der Waals surface area (Å²) in [7, 11) is -2.54. The summed E-state index contributed by atoms with van der Waals surface area (Å²) in [6.45, 7) is 5.01. The molecule has 1 unspecified atom stereocenters. The van der Waals surface area contributed by atoms with Crippen molar-refractivity contribution in [3.8, 4) is 16.9 Å². The molecule has 0 radical (unpaired) electrons. The molecule has 0 bridgehead atoms. The molecule has 4 aliphatic rings. The highest BCUT2D eigenvalue weighted by Crippen LogP contribution is 2.46. The molecule has 3 N–H and O–H groups in total. The smallest absolute Gasteiger partial charge is 0.408 e. The molecule has 3 aromatic rings. The molecule has 4 amide bonds. The first-order valence-electron chi connectivity index (χ1n) is 20.1. The average Bonchev–Trinajstić information content (AvgIpc) is 4.10. The van der Waals surface area contributed by atoms with Gasteiger partial charge in [-0.3, -0.25) is 23.9 Å². The zero-order valence-electron chi connectivity index (χ0n) is 33.4. The van der Waals surface area contributed by atoms with Gasteiger partial charge in [0, 0.05) is 18.9 Å². The van der Waals surface area contributed by atoms with Gasteiger partial charge in [0.1, 0.15) is 23.2 Å². The Labute approximate surface area is 337 Å². The van der Waals surface area contributed by atoms with Gasteiger partial charge < -0.3 is 25.0 Å². The molecule has 15 nitrogen and oxygen atoms in total. The van der Waals surface area contributed by atoms with Gasteiger partial charge in [-0.15, -0.1) is 0 Å². The number of amides is 4. The van der Waals surface area contributed by atoms with Crippen LogP contribution in [0.1, 0.15) is 91.0 Å². The molecule has 1 aromatic heterocycles. The van der Waals surface area contributed by atoms with Crippen LogP contribution in [-0.2, 0) is 29.1 Å². The van der Waals surface area contributed by atoms with E-state index < -0.39 is 79.8 Å². The minimum Gasteiger partial charge on any atom is -0.491 e. The summed E-state index contributed by atoms with van der Waals surface area (Å²) in [5, 5.41) is 11.4. The van der Waals surface area contributed by atoms with Crippen molar-refractivity contribution in [2.24, 2.45) is 5.92 Å². The SMILES string of the molecule is COc1c(-c2cccc3ccccc23)cnn([C@@H]2C[C@H]3C(=O)N[C@]4(C(=O)NS(=O)(=O)C5CC5)CC4/C=C\CCCCCC[C@H](NC(=O)OC(C)(C)C)C(=O)N3C2)c1=O. The number of benzene rings is 2. The molecular formula is C42H52N6O9S. The third kappa shape index (κ3) is 8.61. The Balaban J connectivity index is 1.25. The third-order valence-electron chi connectivity index (χ3n) is 11.4. The van der Waals surface area contributed by atoms with Crippen molar-refractivity contribution in [1.29, 1.82) is 0 Å². The largest absolute Gasteiger partial charge is 0.491 e. The van der Waals surface area contributed by atoms with Crippen LogP contribution in [0.15, 0.2) is 65.6 Å². The second-order valence-electron chi connectivity index (χ2n) is 16.8. The van der Waals surface area contributed by atoms with Gasteiger partial charge in [-0.1, -0.05) is 73.9 Å². The van der Waals surface area contributed by atoms with E-state index >= 15 is 0 Å². The molecule has 0 spiro atoms. The predicted molar refractivity (Wildman–Crippen MR) is 216 cm³/mol. The van der Waals surface area contributed by atoms with Gasteiger partial charge in [0.25, 0.3) is 5.91 Å². The summed E-state index contributed by atoms with van der Waals surface area (Å²) in [5.74, 6) is -2.52. The molecule has 3 heterocycles. The molecule has 58 heavy (non-hydrogen) atoms. The summed E-state index contributed by atoms with van der Waals surface area (Å²) in [5.41, 5.74) is -1.75. The number of alkyl carbamates (subject to hydrolysis) is 1. The van der Waals surface area contributed by atoms with Crippen molar-refractivity contribution in [3.63, 3.8) is 0 Å². The highest BCUT2D eigenvalue weighted by atomic mass is 32.2. The van der Waals surface area contributed by atoms with E-state index in [0.29, 0.717) is 31.2 Å². The van der Waals surface area contributed by atoms with Crippen LogP contribution in [0.25, 0.3) is 21.9 Å². The Morgan fingerprint density at radius 1 is 0.966 bits per heavy atom. The molecular weight excluding hydrogens is 765 g/mol. The highest BCUT2D eigenvalue weighted by Gasteiger charge is 2.62. The van der Waals surface area contributed by atoms with E-state index in [-0.39, 0.29) is 31.6 Å². The Bertz CT molecular complexity index is 2290.